The standard InChI is InChI=1S/C25H24N6O.C24H23N7O.C23H22N8O/c32-25-21-9-4-17(14-18(21)15-28-25)22-16-27-23(24-26-10-13-31(22)24)29-19-5-7-20(8-6-19)30-11-2-1-3-12-30;32-24-19-6-4-16(12-17(19)13-28-24)20-15-27-22(23-25-8-11-31(20)23)29-18-5-7-21(26-14-18)30-9-2-1-3-10-30;32-22-18-5-4-15(10-16(18)11-26-22)19-14-25-20(21-24-6-9-31(19)21)29-17-12-27-23(28-13-17)30-7-2-1-3-8-30/h4-10,13-14,16H,1-3,11-12,15H2,(H,27,29)(H,28,32);4-8,11-12,14-15H,1-3,9-10,13H2,(H,27,29)(H,28,32);4-6,9-10,12-14H,1-3,7-8,11H2,(H,25,29)(H,26,32). The van der Waals surface area contributed by atoms with Gasteiger partial charge >= 0.3 is 0 Å². The maximum atomic E-state index is 11.9. The van der Waals surface area contributed by atoms with Crippen molar-refractivity contribution in [3.05, 3.63) is 199 Å². The number of benzene rings is 4. The van der Waals surface area contributed by atoms with E-state index in [-0.39, 0.29) is 17.7 Å². The lowest BCUT2D eigenvalue weighted by Gasteiger charge is -2.28. The van der Waals surface area contributed by atoms with E-state index >= 15 is 0 Å². The van der Waals surface area contributed by atoms with Crippen LogP contribution in [0.4, 0.5) is 52.0 Å². The van der Waals surface area contributed by atoms with Crippen molar-refractivity contribution in [2.75, 3.05) is 69.9 Å². The lowest BCUT2D eigenvalue weighted by atomic mass is 10.0. The maximum absolute atomic E-state index is 11.9. The molecular weight excluding hydrogens is 1210 g/mol. The van der Waals surface area contributed by atoms with Gasteiger partial charge in [0.2, 0.25) is 5.95 Å². The number of nitrogens with zero attached hydrogens (tertiary/aromatic N) is 15. The zero-order valence-electron chi connectivity index (χ0n) is 52.7. The number of hydrogen-bond acceptors (Lipinski definition) is 18. The molecule has 24 nitrogen and oxygen atoms in total. The van der Waals surface area contributed by atoms with Crippen LogP contribution in [0.15, 0.2) is 165 Å². The van der Waals surface area contributed by atoms with Crippen LogP contribution in [0.3, 0.4) is 0 Å². The van der Waals surface area contributed by atoms with E-state index in [0.29, 0.717) is 42.7 Å². The van der Waals surface area contributed by atoms with Crippen molar-refractivity contribution in [3.63, 3.8) is 0 Å². The van der Waals surface area contributed by atoms with Gasteiger partial charge in [0.25, 0.3) is 17.7 Å². The fraction of sp³-hybridized carbons (Fsp3) is 0.250. The van der Waals surface area contributed by atoms with Crippen molar-refractivity contribution in [1.82, 2.24) is 74.0 Å². The summed E-state index contributed by atoms with van der Waals surface area (Å²) in [5, 5.41) is 18.7. The van der Waals surface area contributed by atoms with Crippen molar-refractivity contribution >= 4 is 86.6 Å². The second-order valence-electron chi connectivity index (χ2n) is 24.7. The lowest BCUT2D eigenvalue weighted by molar-refractivity contribution is 0.0957. The van der Waals surface area contributed by atoms with Crippen molar-refractivity contribution in [3.8, 4) is 33.8 Å². The number of imidazole rings is 3. The lowest BCUT2D eigenvalue weighted by Crippen LogP contribution is -2.30. The van der Waals surface area contributed by atoms with Gasteiger partial charge in [0.1, 0.15) is 5.82 Å². The Balaban J connectivity index is 0.000000113. The van der Waals surface area contributed by atoms with E-state index in [9.17, 15) is 14.4 Å². The smallest absolute Gasteiger partial charge is 0.251 e. The molecule has 96 heavy (non-hydrogen) atoms. The number of fused-ring (bicyclic) bond motifs is 6. The summed E-state index contributed by atoms with van der Waals surface area (Å²) < 4.78 is 6.03. The first kappa shape index (κ1) is 59.2. The average molecular weight is 1280 g/mol. The van der Waals surface area contributed by atoms with E-state index in [4.69, 9.17) is 0 Å². The topological polar surface area (TPSA) is 262 Å². The highest BCUT2D eigenvalue weighted by Crippen LogP contribution is 2.34. The van der Waals surface area contributed by atoms with Gasteiger partial charge in [0, 0.05) is 141 Å². The van der Waals surface area contributed by atoms with Crippen LogP contribution in [0.25, 0.3) is 50.7 Å². The normalized spacial score (nSPS) is 15.6. The van der Waals surface area contributed by atoms with Crippen molar-refractivity contribution in [1.29, 1.82) is 0 Å². The van der Waals surface area contributed by atoms with Gasteiger partial charge in [-0.2, -0.15) is 0 Å². The fourth-order valence-corrected chi connectivity index (χ4v) is 13.6. The molecule has 0 unspecified atom stereocenters. The molecule has 0 saturated carbocycles. The van der Waals surface area contributed by atoms with Gasteiger partial charge in [-0.25, -0.2) is 44.9 Å². The summed E-state index contributed by atoms with van der Waals surface area (Å²) >= 11 is 0. The van der Waals surface area contributed by atoms with Crippen LogP contribution >= 0.6 is 0 Å². The Morgan fingerprint density at radius 2 is 0.729 bits per heavy atom. The van der Waals surface area contributed by atoms with Crippen molar-refractivity contribution in [2.24, 2.45) is 0 Å². The Morgan fingerprint density at radius 3 is 1.16 bits per heavy atom. The minimum atomic E-state index is -0.0227. The largest absolute Gasteiger partial charge is 0.372 e. The predicted molar refractivity (Wildman–Crippen MR) is 370 cm³/mol. The van der Waals surface area contributed by atoms with Gasteiger partial charge in [-0.05, 0) is 147 Å². The second-order valence-corrected chi connectivity index (χ2v) is 24.7. The maximum Gasteiger partial charge on any atom is 0.251 e. The minimum Gasteiger partial charge on any atom is -0.372 e. The predicted octanol–water partition coefficient (Wildman–Crippen LogP) is 11.3. The van der Waals surface area contributed by atoms with Crippen LogP contribution in [0, 0.1) is 0 Å². The molecule has 6 aliphatic rings. The first-order valence-corrected chi connectivity index (χ1v) is 32.9. The highest BCUT2D eigenvalue weighted by molar-refractivity contribution is 6.00. The summed E-state index contributed by atoms with van der Waals surface area (Å²) in [6.45, 7) is 8.12. The van der Waals surface area contributed by atoms with E-state index in [2.05, 4.69) is 128 Å². The molecule has 3 fully saturated rings. The molecule has 6 aliphatic heterocycles. The van der Waals surface area contributed by atoms with E-state index in [1.165, 1.54) is 63.5 Å². The van der Waals surface area contributed by atoms with Gasteiger partial charge in [0.15, 0.2) is 34.4 Å². The SMILES string of the molecule is O=C1NCc2cc(-c3cnc(Nc4ccc(N5CCCCC5)cc4)c4nccn34)ccc21.O=C1NCc2cc(-c3cnc(Nc4ccc(N5CCCCC5)nc4)c4nccn34)ccc21.O=C1NCc2cc(-c3cnc(Nc4cnc(N5CCCCC5)nc4)c4nccn34)ccc21. The Morgan fingerprint density at radius 1 is 0.344 bits per heavy atom. The van der Waals surface area contributed by atoms with E-state index in [1.807, 2.05) is 111 Å². The van der Waals surface area contributed by atoms with Gasteiger partial charge < -0.3 is 46.6 Å². The first-order chi connectivity index (χ1) is 47.3. The number of carbonyl (C=O) groups is 3. The molecule has 0 spiro atoms. The first-order valence-electron chi connectivity index (χ1n) is 32.9. The van der Waals surface area contributed by atoms with Crippen LogP contribution in [-0.4, -0.2) is 115 Å². The quantitative estimate of drug-likeness (QED) is 0.0664. The monoisotopic (exact) mass is 1280 g/mol. The summed E-state index contributed by atoms with van der Waals surface area (Å²) in [6.07, 6.45) is 33.3. The number of rotatable bonds is 12. The Bertz CT molecular complexity index is 4410. The summed E-state index contributed by atoms with van der Waals surface area (Å²) in [6, 6.07) is 30.2. The van der Waals surface area contributed by atoms with E-state index in [1.54, 1.807) is 31.0 Å². The molecule has 6 N–H and O–H groups in total. The minimum absolute atomic E-state index is 0.0108. The molecule has 8 aromatic heterocycles. The summed E-state index contributed by atoms with van der Waals surface area (Å²) in [5.41, 5.74) is 17.1. The molecule has 4 aromatic carbocycles. The van der Waals surface area contributed by atoms with Crippen LogP contribution < -0.4 is 46.6 Å². The number of anilines is 9. The van der Waals surface area contributed by atoms with Crippen molar-refractivity contribution in [2.45, 2.75) is 77.4 Å². The molecule has 3 saturated heterocycles. The fourth-order valence-electron chi connectivity index (χ4n) is 13.6. The Labute approximate surface area is 552 Å². The van der Waals surface area contributed by atoms with Gasteiger partial charge in [-0.3, -0.25) is 27.6 Å². The van der Waals surface area contributed by atoms with E-state index in [0.717, 1.165) is 147 Å². The molecule has 0 radical (unpaired) electrons. The van der Waals surface area contributed by atoms with Crippen LogP contribution in [0.1, 0.15) is 106 Å². The molecule has 3 amide bonds. The summed E-state index contributed by atoms with van der Waals surface area (Å²) in [7, 11) is 0. The number of carbonyl (C=O) groups excluding carboxylic acids is 3. The zero-order chi connectivity index (χ0) is 64.5. The highest BCUT2D eigenvalue weighted by atomic mass is 16.2. The zero-order valence-corrected chi connectivity index (χ0v) is 52.7. The average Bonchev–Trinajstić information content (AvgIpc) is 1.64. The third kappa shape index (κ3) is 11.9. The van der Waals surface area contributed by atoms with Crippen molar-refractivity contribution < 1.29 is 14.4 Å². The molecule has 12 aromatic rings. The number of hydrogen-bond donors (Lipinski definition) is 6. The van der Waals surface area contributed by atoms with Gasteiger partial charge in [-0.15, -0.1) is 0 Å². The number of amides is 3. The second kappa shape index (κ2) is 25.9. The van der Waals surface area contributed by atoms with E-state index < -0.39 is 0 Å². The Kier molecular flexibility index (Phi) is 16.0. The molecule has 480 valence electrons. The third-order valence-corrected chi connectivity index (χ3v) is 18.6. The van der Waals surface area contributed by atoms with Crippen LogP contribution in [0.5, 0.6) is 0 Å². The molecule has 0 aliphatic carbocycles. The molecule has 0 atom stereocenters. The number of nitrogens with one attached hydrogen (secondary N) is 6. The summed E-state index contributed by atoms with van der Waals surface area (Å²) in [4.78, 5) is 83.8. The van der Waals surface area contributed by atoms with Gasteiger partial charge in [0.05, 0.1) is 65.6 Å². The summed E-state index contributed by atoms with van der Waals surface area (Å²) in [5.74, 6) is 3.76. The Hall–Kier alpha value is -11.8. The highest BCUT2D eigenvalue weighted by Gasteiger charge is 2.25. The molecular formula is C72H69N21O3. The molecule has 0 bridgehead atoms. The number of pyridine rings is 1. The van der Waals surface area contributed by atoms with Crippen LogP contribution in [0.2, 0.25) is 0 Å². The van der Waals surface area contributed by atoms with Gasteiger partial charge in [-0.1, -0.05) is 18.2 Å². The third-order valence-electron chi connectivity index (χ3n) is 18.6. The van der Waals surface area contributed by atoms with Crippen LogP contribution in [-0.2, 0) is 19.6 Å². The molecule has 24 heteroatoms. The number of piperidine rings is 3. The molecule has 14 heterocycles. The molecule has 18 rings (SSSR count). The number of aromatic nitrogens is 12.